The fraction of sp³-hybridized carbons (Fsp3) is 0.438. The summed E-state index contributed by atoms with van der Waals surface area (Å²) in [4.78, 5) is 14.0. The lowest BCUT2D eigenvalue weighted by molar-refractivity contribution is -0.312. The van der Waals surface area contributed by atoms with E-state index in [1.54, 1.807) is 12.1 Å². The summed E-state index contributed by atoms with van der Waals surface area (Å²) in [5, 5.41) is 20.0. The standard InChI is InChI=1S/C16H19NO4/c1-2-6-11-13(17-9-4-3-5-10-17)8-7-12-14(11)16(19,20)21-15(12)18/h2,7-8,19-20H,1,3-6,9-10H2. The van der Waals surface area contributed by atoms with Crippen molar-refractivity contribution in [3.63, 3.8) is 0 Å². The largest absolute Gasteiger partial charge is 0.400 e. The van der Waals surface area contributed by atoms with Gasteiger partial charge >= 0.3 is 11.9 Å². The fourth-order valence-corrected chi connectivity index (χ4v) is 3.20. The zero-order chi connectivity index (χ0) is 15.0. The maximum Gasteiger partial charge on any atom is 0.354 e. The number of anilines is 1. The number of hydrogen-bond acceptors (Lipinski definition) is 5. The minimum atomic E-state index is -2.55. The van der Waals surface area contributed by atoms with E-state index in [1.165, 1.54) is 6.42 Å². The van der Waals surface area contributed by atoms with Crippen molar-refractivity contribution in [1.82, 2.24) is 0 Å². The molecule has 5 nitrogen and oxygen atoms in total. The zero-order valence-corrected chi connectivity index (χ0v) is 11.8. The first-order valence-corrected chi connectivity index (χ1v) is 7.25. The molecule has 1 saturated heterocycles. The van der Waals surface area contributed by atoms with E-state index in [1.807, 2.05) is 6.07 Å². The summed E-state index contributed by atoms with van der Waals surface area (Å²) in [5.41, 5.74) is 2.02. The normalized spacial score (nSPS) is 20.1. The molecule has 2 aliphatic heterocycles. The molecule has 0 amide bonds. The lowest BCUT2D eigenvalue weighted by atomic mass is 9.95. The molecule has 1 aromatic carbocycles. The number of piperidine rings is 1. The molecule has 3 rings (SSSR count). The molecule has 2 aliphatic rings. The van der Waals surface area contributed by atoms with Crippen LogP contribution in [0.3, 0.4) is 0 Å². The van der Waals surface area contributed by atoms with Gasteiger partial charge in [-0.05, 0) is 43.4 Å². The number of nitrogens with zero attached hydrogens (tertiary/aromatic N) is 1. The summed E-state index contributed by atoms with van der Waals surface area (Å²) in [6, 6.07) is 3.48. The van der Waals surface area contributed by atoms with Crippen LogP contribution in [0.25, 0.3) is 0 Å². The molecule has 5 heteroatoms. The lowest BCUT2D eigenvalue weighted by Crippen LogP contribution is -2.32. The molecular weight excluding hydrogens is 270 g/mol. The molecule has 0 atom stereocenters. The number of carbonyl (C=O) groups excluding carboxylic acids is 1. The minimum absolute atomic E-state index is 0.162. The molecule has 2 heterocycles. The Morgan fingerprint density at radius 3 is 2.67 bits per heavy atom. The van der Waals surface area contributed by atoms with Gasteiger partial charge < -0.3 is 19.8 Å². The van der Waals surface area contributed by atoms with Gasteiger partial charge in [0.25, 0.3) is 0 Å². The molecule has 0 radical (unpaired) electrons. The molecule has 112 valence electrons. The van der Waals surface area contributed by atoms with E-state index in [0.29, 0.717) is 12.0 Å². The average Bonchev–Trinajstić information content (AvgIpc) is 2.70. The Morgan fingerprint density at radius 1 is 1.29 bits per heavy atom. The van der Waals surface area contributed by atoms with Gasteiger partial charge in [-0.2, -0.15) is 0 Å². The van der Waals surface area contributed by atoms with Gasteiger partial charge in [-0.3, -0.25) is 0 Å². The number of aliphatic hydroxyl groups is 2. The molecule has 0 spiro atoms. The van der Waals surface area contributed by atoms with Gasteiger partial charge in [-0.1, -0.05) is 6.08 Å². The van der Waals surface area contributed by atoms with Crippen LogP contribution in [0.2, 0.25) is 0 Å². The number of benzene rings is 1. The summed E-state index contributed by atoms with van der Waals surface area (Å²) < 4.78 is 4.67. The third kappa shape index (κ3) is 2.32. The summed E-state index contributed by atoms with van der Waals surface area (Å²) in [7, 11) is 0. The van der Waals surface area contributed by atoms with E-state index in [9.17, 15) is 15.0 Å². The molecule has 1 fully saturated rings. The van der Waals surface area contributed by atoms with Crippen molar-refractivity contribution in [1.29, 1.82) is 0 Å². The van der Waals surface area contributed by atoms with E-state index in [-0.39, 0.29) is 11.1 Å². The first kappa shape index (κ1) is 14.1. The smallest absolute Gasteiger partial charge is 0.354 e. The molecule has 21 heavy (non-hydrogen) atoms. The predicted octanol–water partition coefficient (Wildman–Crippen LogP) is 1.67. The van der Waals surface area contributed by atoms with Crippen LogP contribution in [-0.2, 0) is 17.1 Å². The predicted molar refractivity (Wildman–Crippen MR) is 77.9 cm³/mol. The fourth-order valence-electron chi connectivity index (χ4n) is 3.20. The molecule has 0 bridgehead atoms. The second-order valence-electron chi connectivity index (χ2n) is 5.52. The maximum absolute atomic E-state index is 11.7. The Hall–Kier alpha value is -1.85. The Labute approximate surface area is 123 Å². The van der Waals surface area contributed by atoms with Crippen molar-refractivity contribution in [3.05, 3.63) is 41.5 Å². The van der Waals surface area contributed by atoms with Crippen molar-refractivity contribution in [2.45, 2.75) is 31.7 Å². The van der Waals surface area contributed by atoms with Crippen LogP contribution in [0.4, 0.5) is 5.69 Å². The van der Waals surface area contributed by atoms with Crippen molar-refractivity contribution < 1.29 is 19.7 Å². The number of cyclic esters (lactones) is 1. The molecule has 0 aliphatic carbocycles. The number of rotatable bonds is 3. The Balaban J connectivity index is 2.14. The van der Waals surface area contributed by atoms with E-state index >= 15 is 0 Å². The highest BCUT2D eigenvalue weighted by molar-refractivity contribution is 5.95. The highest BCUT2D eigenvalue weighted by Gasteiger charge is 2.45. The SMILES string of the molecule is C=CCc1c(N2CCCCC2)ccc2c1C(O)(O)OC2=O. The van der Waals surface area contributed by atoms with Gasteiger partial charge in [0.1, 0.15) is 0 Å². The van der Waals surface area contributed by atoms with Crippen LogP contribution in [0.5, 0.6) is 0 Å². The molecule has 0 unspecified atom stereocenters. The quantitative estimate of drug-likeness (QED) is 0.503. The molecule has 0 aromatic heterocycles. The van der Waals surface area contributed by atoms with Gasteiger partial charge in [0.15, 0.2) is 0 Å². The van der Waals surface area contributed by atoms with Gasteiger partial charge in [-0.25, -0.2) is 4.79 Å². The average molecular weight is 289 g/mol. The van der Waals surface area contributed by atoms with Crippen molar-refractivity contribution in [2.24, 2.45) is 0 Å². The molecular formula is C16H19NO4. The number of fused-ring (bicyclic) bond motifs is 1. The first-order chi connectivity index (χ1) is 10.0. The Kier molecular flexibility index (Phi) is 3.47. The van der Waals surface area contributed by atoms with Gasteiger partial charge in [-0.15, -0.1) is 6.58 Å². The second-order valence-corrected chi connectivity index (χ2v) is 5.52. The van der Waals surface area contributed by atoms with Crippen molar-refractivity contribution in [2.75, 3.05) is 18.0 Å². The van der Waals surface area contributed by atoms with E-state index in [0.717, 1.165) is 31.6 Å². The zero-order valence-electron chi connectivity index (χ0n) is 11.8. The van der Waals surface area contributed by atoms with Gasteiger partial charge in [0.2, 0.25) is 0 Å². The van der Waals surface area contributed by atoms with Crippen LogP contribution >= 0.6 is 0 Å². The number of carbonyl (C=O) groups is 1. The lowest BCUT2D eigenvalue weighted by Gasteiger charge is -2.32. The molecule has 1 aromatic rings. The van der Waals surface area contributed by atoms with Crippen LogP contribution < -0.4 is 4.90 Å². The van der Waals surface area contributed by atoms with Crippen LogP contribution in [0.15, 0.2) is 24.8 Å². The van der Waals surface area contributed by atoms with Crippen LogP contribution in [0, 0.1) is 0 Å². The van der Waals surface area contributed by atoms with E-state index in [4.69, 9.17) is 0 Å². The number of hydrogen-bond donors (Lipinski definition) is 2. The second kappa shape index (κ2) is 5.16. The third-order valence-electron chi connectivity index (χ3n) is 4.11. The number of ether oxygens (including phenoxy) is 1. The summed E-state index contributed by atoms with van der Waals surface area (Å²) in [6.45, 7) is 5.59. The summed E-state index contributed by atoms with van der Waals surface area (Å²) >= 11 is 0. The highest BCUT2D eigenvalue weighted by atomic mass is 16.8. The number of allylic oxidation sites excluding steroid dienone is 1. The summed E-state index contributed by atoms with van der Waals surface area (Å²) in [6.07, 6.45) is 5.59. The van der Waals surface area contributed by atoms with Crippen LogP contribution in [0.1, 0.15) is 40.7 Å². The third-order valence-corrected chi connectivity index (χ3v) is 4.11. The molecule has 0 saturated carbocycles. The summed E-state index contributed by atoms with van der Waals surface area (Å²) in [5.74, 6) is -3.25. The van der Waals surface area contributed by atoms with Gasteiger partial charge in [0, 0.05) is 18.8 Å². The Bertz CT molecular complexity index is 588. The van der Waals surface area contributed by atoms with E-state index < -0.39 is 11.9 Å². The minimum Gasteiger partial charge on any atom is -0.400 e. The first-order valence-electron chi connectivity index (χ1n) is 7.25. The van der Waals surface area contributed by atoms with Gasteiger partial charge in [0.05, 0.1) is 11.1 Å². The van der Waals surface area contributed by atoms with Crippen LogP contribution in [-0.4, -0.2) is 29.3 Å². The topological polar surface area (TPSA) is 70.0 Å². The van der Waals surface area contributed by atoms with E-state index in [2.05, 4.69) is 16.2 Å². The highest BCUT2D eigenvalue weighted by Crippen LogP contribution is 2.40. The van der Waals surface area contributed by atoms with Crippen molar-refractivity contribution in [3.8, 4) is 0 Å². The monoisotopic (exact) mass is 289 g/mol. The van der Waals surface area contributed by atoms with Crippen molar-refractivity contribution >= 4 is 11.7 Å². The maximum atomic E-state index is 11.7. The molecule has 2 N–H and O–H groups in total. The Morgan fingerprint density at radius 2 is 2.00 bits per heavy atom. The number of esters is 1.